The first-order chi connectivity index (χ1) is 6.02. The molecule has 0 aliphatic rings. The lowest BCUT2D eigenvalue weighted by molar-refractivity contribution is -0.138. The number of carboxylic acids is 1. The highest BCUT2D eigenvalue weighted by Crippen LogP contribution is 2.12. The molecule has 0 saturated heterocycles. The van der Waals surface area contributed by atoms with E-state index in [1.54, 1.807) is 6.92 Å². The van der Waals surface area contributed by atoms with Crippen LogP contribution in [0.25, 0.3) is 0 Å². The maximum absolute atomic E-state index is 10.4. The summed E-state index contributed by atoms with van der Waals surface area (Å²) in [7, 11) is 0. The summed E-state index contributed by atoms with van der Waals surface area (Å²) in [5, 5.41) is 12.3. The van der Waals surface area contributed by atoms with Gasteiger partial charge in [0.1, 0.15) is 11.8 Å². The van der Waals surface area contributed by atoms with Crippen LogP contribution in [0.3, 0.4) is 0 Å². The lowest BCUT2D eigenvalue weighted by Crippen LogP contribution is -2.32. The Morgan fingerprint density at radius 3 is 2.69 bits per heavy atom. The molecule has 1 aromatic heterocycles. The van der Waals surface area contributed by atoms with Crippen molar-refractivity contribution in [2.75, 3.05) is 0 Å². The van der Waals surface area contributed by atoms with Crippen LogP contribution in [0.5, 0.6) is 0 Å². The summed E-state index contributed by atoms with van der Waals surface area (Å²) in [6.45, 7) is 3.63. The minimum absolute atomic E-state index is 0.183. The average Bonchev–Trinajstić information content (AvgIpc) is 2.36. The van der Waals surface area contributed by atoms with E-state index in [0.717, 1.165) is 11.3 Å². The van der Waals surface area contributed by atoms with Crippen LogP contribution < -0.4 is 5.73 Å². The van der Waals surface area contributed by atoms with Crippen LogP contribution in [0.4, 0.5) is 0 Å². The predicted molar refractivity (Wildman–Crippen MR) is 45.3 cm³/mol. The number of rotatable bonds is 3. The second-order valence-corrected chi connectivity index (χ2v) is 2.97. The van der Waals surface area contributed by atoms with Gasteiger partial charge in [-0.3, -0.25) is 4.79 Å². The van der Waals surface area contributed by atoms with Gasteiger partial charge in [0.25, 0.3) is 0 Å². The molecule has 0 bridgehead atoms. The first kappa shape index (κ1) is 9.73. The van der Waals surface area contributed by atoms with E-state index < -0.39 is 12.0 Å². The number of aryl methyl sites for hydroxylation is 1. The quantitative estimate of drug-likeness (QED) is 0.702. The van der Waals surface area contributed by atoms with Crippen molar-refractivity contribution in [3.8, 4) is 0 Å². The average molecular weight is 184 g/mol. The Kier molecular flexibility index (Phi) is 2.67. The van der Waals surface area contributed by atoms with Crippen molar-refractivity contribution in [3.05, 3.63) is 17.0 Å². The molecule has 0 radical (unpaired) electrons. The highest BCUT2D eigenvalue weighted by Gasteiger charge is 2.17. The number of hydrogen-bond donors (Lipinski definition) is 2. The molecule has 13 heavy (non-hydrogen) atoms. The molecule has 0 fully saturated rings. The molecule has 0 aliphatic heterocycles. The van der Waals surface area contributed by atoms with Crippen LogP contribution in [0.1, 0.15) is 17.0 Å². The van der Waals surface area contributed by atoms with Crippen molar-refractivity contribution in [3.63, 3.8) is 0 Å². The summed E-state index contributed by atoms with van der Waals surface area (Å²) in [6.07, 6.45) is 0.183. The Balaban J connectivity index is 2.74. The van der Waals surface area contributed by atoms with Gasteiger partial charge in [0.05, 0.1) is 5.69 Å². The van der Waals surface area contributed by atoms with Gasteiger partial charge in [-0.1, -0.05) is 5.16 Å². The Labute approximate surface area is 75.5 Å². The Morgan fingerprint density at radius 1 is 1.69 bits per heavy atom. The van der Waals surface area contributed by atoms with E-state index in [9.17, 15) is 4.79 Å². The highest BCUT2D eigenvalue weighted by molar-refractivity contribution is 5.73. The summed E-state index contributed by atoms with van der Waals surface area (Å²) in [5.74, 6) is -0.485. The molecule has 0 saturated carbocycles. The van der Waals surface area contributed by atoms with E-state index in [-0.39, 0.29) is 6.42 Å². The number of carbonyl (C=O) groups is 1. The zero-order chi connectivity index (χ0) is 10.0. The predicted octanol–water partition coefficient (Wildman–Crippen LogP) is 0.246. The first-order valence-electron chi connectivity index (χ1n) is 3.92. The van der Waals surface area contributed by atoms with Crippen molar-refractivity contribution < 1.29 is 14.4 Å². The first-order valence-corrected chi connectivity index (χ1v) is 3.92. The lowest BCUT2D eigenvalue weighted by Gasteiger charge is -2.02. The van der Waals surface area contributed by atoms with Gasteiger partial charge in [-0.15, -0.1) is 0 Å². The lowest BCUT2D eigenvalue weighted by atomic mass is 10.1. The number of aliphatic carboxylic acids is 1. The van der Waals surface area contributed by atoms with Crippen LogP contribution in [0.15, 0.2) is 4.52 Å². The second kappa shape index (κ2) is 3.57. The zero-order valence-electron chi connectivity index (χ0n) is 7.57. The molecule has 0 aromatic carbocycles. The summed E-state index contributed by atoms with van der Waals surface area (Å²) < 4.78 is 4.92. The van der Waals surface area contributed by atoms with Gasteiger partial charge in [0, 0.05) is 12.0 Å². The van der Waals surface area contributed by atoms with Gasteiger partial charge >= 0.3 is 5.97 Å². The number of aromatic nitrogens is 1. The molecule has 1 heterocycles. The van der Waals surface area contributed by atoms with E-state index in [4.69, 9.17) is 15.4 Å². The van der Waals surface area contributed by atoms with Gasteiger partial charge in [-0.25, -0.2) is 0 Å². The summed E-state index contributed by atoms with van der Waals surface area (Å²) in [5.41, 5.74) is 6.98. The fourth-order valence-electron chi connectivity index (χ4n) is 0.940. The van der Waals surface area contributed by atoms with Gasteiger partial charge < -0.3 is 15.4 Å². The molecule has 0 aliphatic carbocycles. The van der Waals surface area contributed by atoms with Gasteiger partial charge in [0.2, 0.25) is 0 Å². The normalized spacial score (nSPS) is 12.8. The second-order valence-electron chi connectivity index (χ2n) is 2.97. The monoisotopic (exact) mass is 184 g/mol. The van der Waals surface area contributed by atoms with Crippen LogP contribution in [0.2, 0.25) is 0 Å². The smallest absolute Gasteiger partial charge is 0.320 e. The Bertz CT molecular complexity index is 319. The van der Waals surface area contributed by atoms with E-state index >= 15 is 0 Å². The molecular weight excluding hydrogens is 172 g/mol. The summed E-state index contributed by atoms with van der Waals surface area (Å²) in [4.78, 5) is 10.4. The maximum Gasteiger partial charge on any atom is 0.320 e. The fraction of sp³-hybridized carbons (Fsp3) is 0.500. The maximum atomic E-state index is 10.4. The third-order valence-corrected chi connectivity index (χ3v) is 1.98. The van der Waals surface area contributed by atoms with Crippen molar-refractivity contribution in [1.82, 2.24) is 5.16 Å². The third-order valence-electron chi connectivity index (χ3n) is 1.98. The molecule has 3 N–H and O–H groups in total. The highest BCUT2D eigenvalue weighted by atomic mass is 16.5. The zero-order valence-corrected chi connectivity index (χ0v) is 7.57. The number of carboxylic acid groups (broad SMARTS) is 1. The van der Waals surface area contributed by atoms with Crippen molar-refractivity contribution in [1.29, 1.82) is 0 Å². The standard InChI is InChI=1S/C8H12N2O3/c1-4-5(2)10-13-7(4)3-6(9)8(11)12/h6H,3,9H2,1-2H3,(H,11,12). The van der Waals surface area contributed by atoms with Crippen LogP contribution in [0, 0.1) is 13.8 Å². The molecular formula is C8H12N2O3. The van der Waals surface area contributed by atoms with E-state index in [0.29, 0.717) is 5.76 Å². The molecule has 1 unspecified atom stereocenters. The SMILES string of the molecule is Cc1noc(CC(N)C(=O)O)c1C. The van der Waals surface area contributed by atoms with Crippen molar-refractivity contribution in [2.45, 2.75) is 26.3 Å². The van der Waals surface area contributed by atoms with E-state index in [2.05, 4.69) is 5.16 Å². The topological polar surface area (TPSA) is 89.4 Å². The molecule has 0 amide bonds. The Morgan fingerprint density at radius 2 is 2.31 bits per heavy atom. The van der Waals surface area contributed by atoms with E-state index in [1.165, 1.54) is 0 Å². The van der Waals surface area contributed by atoms with Crippen LogP contribution in [-0.4, -0.2) is 22.3 Å². The summed E-state index contributed by atoms with van der Waals surface area (Å²) >= 11 is 0. The minimum Gasteiger partial charge on any atom is -0.480 e. The number of nitrogens with two attached hydrogens (primary N) is 1. The number of hydrogen-bond acceptors (Lipinski definition) is 4. The van der Waals surface area contributed by atoms with E-state index in [1.807, 2.05) is 6.92 Å². The molecule has 1 rings (SSSR count). The molecule has 5 heteroatoms. The van der Waals surface area contributed by atoms with Gasteiger partial charge in [-0.05, 0) is 13.8 Å². The summed E-state index contributed by atoms with van der Waals surface area (Å²) in [6, 6.07) is -0.925. The van der Waals surface area contributed by atoms with Crippen LogP contribution in [-0.2, 0) is 11.2 Å². The fourth-order valence-corrected chi connectivity index (χ4v) is 0.940. The molecule has 0 spiro atoms. The third kappa shape index (κ3) is 2.06. The van der Waals surface area contributed by atoms with Gasteiger partial charge in [-0.2, -0.15) is 0 Å². The number of nitrogens with zero attached hydrogens (tertiary/aromatic N) is 1. The molecule has 5 nitrogen and oxygen atoms in total. The Hall–Kier alpha value is -1.36. The molecule has 1 atom stereocenters. The largest absolute Gasteiger partial charge is 0.480 e. The van der Waals surface area contributed by atoms with Crippen molar-refractivity contribution in [2.24, 2.45) is 5.73 Å². The molecule has 72 valence electrons. The minimum atomic E-state index is -1.03. The van der Waals surface area contributed by atoms with Crippen LogP contribution >= 0.6 is 0 Å². The van der Waals surface area contributed by atoms with Gasteiger partial charge in [0.15, 0.2) is 0 Å². The molecule has 1 aromatic rings. The van der Waals surface area contributed by atoms with Crippen molar-refractivity contribution >= 4 is 5.97 Å².